The van der Waals surface area contributed by atoms with E-state index >= 15 is 0 Å². The van der Waals surface area contributed by atoms with E-state index in [9.17, 15) is 4.79 Å². The van der Waals surface area contributed by atoms with Crippen LogP contribution in [0.3, 0.4) is 0 Å². The van der Waals surface area contributed by atoms with Crippen LogP contribution in [0.4, 0.5) is 5.69 Å². The summed E-state index contributed by atoms with van der Waals surface area (Å²) in [6.07, 6.45) is 0. The molecule has 1 atom stereocenters. The highest BCUT2D eigenvalue weighted by Crippen LogP contribution is 2.16. The Hall–Kier alpha value is -2.73. The molecule has 0 spiro atoms. The molecule has 0 bridgehead atoms. The van der Waals surface area contributed by atoms with Crippen LogP contribution in [0.1, 0.15) is 40.4 Å². The molecule has 0 fully saturated rings. The molecule has 0 aliphatic heterocycles. The van der Waals surface area contributed by atoms with E-state index in [1.807, 2.05) is 51.1 Å². The van der Waals surface area contributed by atoms with Gasteiger partial charge in [-0.25, -0.2) is 9.50 Å². The van der Waals surface area contributed by atoms with Crippen molar-refractivity contribution in [3.63, 3.8) is 0 Å². The molecule has 0 aliphatic rings. The second-order valence-corrected chi connectivity index (χ2v) is 5.70. The van der Waals surface area contributed by atoms with E-state index in [0.717, 1.165) is 17.0 Å². The Morgan fingerprint density at radius 1 is 1.17 bits per heavy atom. The number of aryl methyl sites for hydroxylation is 2. The van der Waals surface area contributed by atoms with Crippen LogP contribution in [0, 0.1) is 13.8 Å². The number of nitrogens with two attached hydrogens (primary N) is 1. The lowest BCUT2D eigenvalue weighted by atomic mass is 10.1. The number of anilines is 1. The largest absolute Gasteiger partial charge is 0.324 e. The molecule has 2 aromatic heterocycles. The molecule has 0 radical (unpaired) electrons. The lowest BCUT2D eigenvalue weighted by Gasteiger charge is -2.09. The van der Waals surface area contributed by atoms with Gasteiger partial charge in [0.1, 0.15) is 5.69 Å². The Kier molecular flexibility index (Phi) is 3.83. The van der Waals surface area contributed by atoms with E-state index in [1.165, 1.54) is 0 Å². The van der Waals surface area contributed by atoms with Crippen LogP contribution in [-0.4, -0.2) is 20.5 Å². The minimum absolute atomic E-state index is 0.0331. The Balaban J connectivity index is 1.91. The fourth-order valence-corrected chi connectivity index (χ4v) is 2.44. The van der Waals surface area contributed by atoms with E-state index in [0.29, 0.717) is 17.0 Å². The first kappa shape index (κ1) is 15.2. The van der Waals surface area contributed by atoms with Crippen LogP contribution < -0.4 is 11.1 Å². The average Bonchev–Trinajstić information content (AvgIpc) is 2.86. The summed E-state index contributed by atoms with van der Waals surface area (Å²) >= 11 is 0. The van der Waals surface area contributed by atoms with Gasteiger partial charge in [-0.2, -0.15) is 5.10 Å². The molecule has 3 rings (SSSR count). The molecule has 1 unspecified atom stereocenters. The second-order valence-electron chi connectivity index (χ2n) is 5.70. The highest BCUT2D eigenvalue weighted by Gasteiger charge is 2.14. The third-order valence-corrected chi connectivity index (χ3v) is 3.60. The fraction of sp³-hybridized carbons (Fsp3) is 0.235. The number of nitrogens with one attached hydrogen (secondary N) is 1. The average molecular weight is 309 g/mol. The standard InChI is InChI=1S/C17H19N5O/c1-10-8-15(22-16(19-10)9-11(2)21-22)17(23)20-14-6-4-13(5-7-14)12(3)18/h4-9,12H,18H2,1-3H3,(H,20,23). The first-order valence-corrected chi connectivity index (χ1v) is 7.45. The van der Waals surface area contributed by atoms with Crippen molar-refractivity contribution in [1.29, 1.82) is 0 Å². The van der Waals surface area contributed by atoms with Gasteiger partial charge in [0.15, 0.2) is 5.65 Å². The highest BCUT2D eigenvalue weighted by atomic mass is 16.2. The first-order chi connectivity index (χ1) is 10.9. The number of amides is 1. The maximum Gasteiger partial charge on any atom is 0.274 e. The molecular weight excluding hydrogens is 290 g/mol. The Labute approximate surface area is 134 Å². The maximum atomic E-state index is 12.6. The zero-order valence-corrected chi connectivity index (χ0v) is 13.4. The smallest absolute Gasteiger partial charge is 0.274 e. The Bertz CT molecular complexity index is 865. The molecule has 6 heteroatoms. The van der Waals surface area contributed by atoms with Crippen LogP contribution >= 0.6 is 0 Å². The minimum Gasteiger partial charge on any atom is -0.324 e. The van der Waals surface area contributed by atoms with Gasteiger partial charge in [0.2, 0.25) is 0 Å². The molecule has 118 valence electrons. The number of fused-ring (bicyclic) bond motifs is 1. The number of benzene rings is 1. The van der Waals surface area contributed by atoms with Gasteiger partial charge in [-0.1, -0.05) is 12.1 Å². The van der Waals surface area contributed by atoms with E-state index in [-0.39, 0.29) is 11.9 Å². The van der Waals surface area contributed by atoms with Crippen molar-refractivity contribution in [2.24, 2.45) is 5.73 Å². The number of hydrogen-bond donors (Lipinski definition) is 2. The molecule has 6 nitrogen and oxygen atoms in total. The van der Waals surface area contributed by atoms with Gasteiger partial charge in [-0.3, -0.25) is 4.79 Å². The molecule has 1 amide bonds. The molecule has 3 aromatic rings. The molecule has 0 saturated carbocycles. The molecule has 1 aromatic carbocycles. The molecule has 0 aliphatic carbocycles. The lowest BCUT2D eigenvalue weighted by molar-refractivity contribution is 0.101. The predicted octanol–water partition coefficient (Wildman–Crippen LogP) is 2.62. The van der Waals surface area contributed by atoms with Gasteiger partial charge in [0.05, 0.1) is 5.69 Å². The number of rotatable bonds is 3. The van der Waals surface area contributed by atoms with Gasteiger partial charge < -0.3 is 11.1 Å². The van der Waals surface area contributed by atoms with Crippen LogP contribution in [0.25, 0.3) is 5.65 Å². The third-order valence-electron chi connectivity index (χ3n) is 3.60. The first-order valence-electron chi connectivity index (χ1n) is 7.45. The van der Waals surface area contributed by atoms with Crippen LogP contribution in [0.15, 0.2) is 36.4 Å². The third kappa shape index (κ3) is 3.07. The molecule has 0 saturated heterocycles. The van der Waals surface area contributed by atoms with Crippen molar-refractivity contribution < 1.29 is 4.79 Å². The predicted molar refractivity (Wildman–Crippen MR) is 89.5 cm³/mol. The number of carbonyl (C=O) groups is 1. The van der Waals surface area contributed by atoms with Crippen LogP contribution in [0.2, 0.25) is 0 Å². The van der Waals surface area contributed by atoms with Gasteiger partial charge in [-0.05, 0) is 44.5 Å². The molecule has 2 heterocycles. The zero-order valence-electron chi connectivity index (χ0n) is 13.4. The maximum absolute atomic E-state index is 12.6. The number of aromatic nitrogens is 3. The van der Waals surface area contributed by atoms with Gasteiger partial charge in [-0.15, -0.1) is 0 Å². The number of nitrogens with zero attached hydrogens (tertiary/aromatic N) is 3. The van der Waals surface area contributed by atoms with Crippen LogP contribution in [0.5, 0.6) is 0 Å². The summed E-state index contributed by atoms with van der Waals surface area (Å²) in [5, 5.41) is 7.22. The highest BCUT2D eigenvalue weighted by molar-refractivity contribution is 6.03. The molecule has 23 heavy (non-hydrogen) atoms. The summed E-state index contributed by atoms with van der Waals surface area (Å²) in [5.74, 6) is -0.225. The second kappa shape index (κ2) is 5.81. The summed E-state index contributed by atoms with van der Waals surface area (Å²) in [6.45, 7) is 5.65. The summed E-state index contributed by atoms with van der Waals surface area (Å²) in [6, 6.07) is 11.0. The van der Waals surface area contributed by atoms with Crippen molar-refractivity contribution in [2.45, 2.75) is 26.8 Å². The van der Waals surface area contributed by atoms with Crippen molar-refractivity contribution in [1.82, 2.24) is 14.6 Å². The van der Waals surface area contributed by atoms with E-state index in [1.54, 1.807) is 10.6 Å². The molecular formula is C17H19N5O. The van der Waals surface area contributed by atoms with E-state index < -0.39 is 0 Å². The zero-order chi connectivity index (χ0) is 16.6. The lowest BCUT2D eigenvalue weighted by Crippen LogP contribution is -2.17. The Morgan fingerprint density at radius 2 is 1.87 bits per heavy atom. The van der Waals surface area contributed by atoms with Crippen molar-refractivity contribution in [3.8, 4) is 0 Å². The van der Waals surface area contributed by atoms with Crippen molar-refractivity contribution >= 4 is 17.2 Å². The topological polar surface area (TPSA) is 85.3 Å². The fourth-order valence-electron chi connectivity index (χ4n) is 2.44. The van der Waals surface area contributed by atoms with Gasteiger partial charge in [0, 0.05) is 23.5 Å². The summed E-state index contributed by atoms with van der Waals surface area (Å²) < 4.78 is 1.56. The SMILES string of the molecule is Cc1cc(C(=O)Nc2ccc(C(C)N)cc2)n2nc(C)cc2n1. The summed E-state index contributed by atoms with van der Waals surface area (Å²) in [5.41, 5.74) is 10.3. The van der Waals surface area contributed by atoms with E-state index in [2.05, 4.69) is 15.4 Å². The van der Waals surface area contributed by atoms with E-state index in [4.69, 9.17) is 5.73 Å². The number of carbonyl (C=O) groups excluding carboxylic acids is 1. The van der Waals surface area contributed by atoms with Crippen molar-refractivity contribution in [3.05, 3.63) is 59.0 Å². The number of hydrogen-bond acceptors (Lipinski definition) is 4. The molecule has 3 N–H and O–H groups in total. The quantitative estimate of drug-likeness (QED) is 0.779. The van der Waals surface area contributed by atoms with Gasteiger partial charge >= 0.3 is 0 Å². The monoisotopic (exact) mass is 309 g/mol. The minimum atomic E-state index is -0.225. The Morgan fingerprint density at radius 3 is 2.52 bits per heavy atom. The summed E-state index contributed by atoms with van der Waals surface area (Å²) in [4.78, 5) is 17.0. The summed E-state index contributed by atoms with van der Waals surface area (Å²) in [7, 11) is 0. The van der Waals surface area contributed by atoms with Crippen LogP contribution in [-0.2, 0) is 0 Å². The van der Waals surface area contributed by atoms with Gasteiger partial charge in [0.25, 0.3) is 5.91 Å². The normalized spacial score (nSPS) is 12.3. The van der Waals surface area contributed by atoms with Crippen molar-refractivity contribution in [2.75, 3.05) is 5.32 Å².